The van der Waals surface area contributed by atoms with Gasteiger partial charge < -0.3 is 10.4 Å². The average molecular weight is 382 g/mol. The summed E-state index contributed by atoms with van der Waals surface area (Å²) in [5.74, 6) is 1.85. The van der Waals surface area contributed by atoms with Crippen LogP contribution in [0.3, 0.4) is 0 Å². The van der Waals surface area contributed by atoms with Crippen molar-refractivity contribution in [2.24, 2.45) is 23.7 Å². The molecule has 4 atom stereocenters. The number of hydrogen-bond donors (Lipinski definition) is 2. The van der Waals surface area contributed by atoms with Crippen LogP contribution in [0.25, 0.3) is 0 Å². The molecule has 1 saturated carbocycles. The van der Waals surface area contributed by atoms with Crippen molar-refractivity contribution in [1.29, 1.82) is 0 Å². The van der Waals surface area contributed by atoms with E-state index >= 15 is 0 Å². The lowest BCUT2D eigenvalue weighted by Gasteiger charge is -2.44. The summed E-state index contributed by atoms with van der Waals surface area (Å²) in [6.45, 7) is 8.57. The van der Waals surface area contributed by atoms with Gasteiger partial charge in [0.2, 0.25) is 0 Å². The molecular formula is C25H35NO2. The summed E-state index contributed by atoms with van der Waals surface area (Å²) < 4.78 is 0. The monoisotopic (exact) mass is 381 g/mol. The third-order valence-corrected chi connectivity index (χ3v) is 6.62. The van der Waals surface area contributed by atoms with Crippen LogP contribution in [0.5, 0.6) is 0 Å². The largest absolute Gasteiger partial charge is 0.481 e. The van der Waals surface area contributed by atoms with Crippen molar-refractivity contribution in [2.75, 3.05) is 6.54 Å². The molecule has 0 radical (unpaired) electrons. The van der Waals surface area contributed by atoms with E-state index in [1.807, 2.05) is 0 Å². The summed E-state index contributed by atoms with van der Waals surface area (Å²) in [6, 6.07) is 4.55. The van der Waals surface area contributed by atoms with Crippen molar-refractivity contribution < 1.29 is 9.90 Å². The molecule has 3 aliphatic carbocycles. The summed E-state index contributed by atoms with van der Waals surface area (Å²) in [4.78, 5) is 10.7. The van der Waals surface area contributed by atoms with E-state index in [4.69, 9.17) is 5.11 Å². The Morgan fingerprint density at radius 2 is 1.82 bits per heavy atom. The van der Waals surface area contributed by atoms with Crippen molar-refractivity contribution in [3.05, 3.63) is 58.7 Å². The molecule has 1 aromatic carbocycles. The molecule has 2 N–H and O–H groups in total. The number of benzene rings is 1. The van der Waals surface area contributed by atoms with Gasteiger partial charge in [0.15, 0.2) is 0 Å². The number of rotatable bonds is 9. The lowest BCUT2D eigenvalue weighted by Crippen LogP contribution is -2.41. The molecule has 2 bridgehead atoms. The topological polar surface area (TPSA) is 49.3 Å². The highest BCUT2D eigenvalue weighted by molar-refractivity contribution is 5.66. The van der Waals surface area contributed by atoms with Crippen LogP contribution < -0.4 is 5.32 Å². The fourth-order valence-corrected chi connectivity index (χ4v) is 5.19. The van der Waals surface area contributed by atoms with E-state index in [2.05, 4.69) is 62.5 Å². The molecule has 3 aliphatic rings. The van der Waals surface area contributed by atoms with Crippen LogP contribution in [-0.4, -0.2) is 17.6 Å². The van der Waals surface area contributed by atoms with Crippen LogP contribution >= 0.6 is 0 Å². The first kappa shape index (κ1) is 20.9. The van der Waals surface area contributed by atoms with E-state index in [1.54, 1.807) is 0 Å². The van der Waals surface area contributed by atoms with Gasteiger partial charge in [-0.3, -0.25) is 4.79 Å². The van der Waals surface area contributed by atoms with Crippen molar-refractivity contribution in [2.45, 2.75) is 59.4 Å². The Hall–Kier alpha value is -1.87. The molecule has 0 amide bonds. The van der Waals surface area contributed by atoms with Crippen molar-refractivity contribution >= 4 is 5.97 Å². The SMILES string of the molecule is Cc1cc(C)c(CNC[C@@H]2[C@@H](/C=C\CCCC(=O)O)[C@H]3C=C[C@@H]2CC3)c(C)c1. The number of hydrogen-bond acceptors (Lipinski definition) is 2. The maximum absolute atomic E-state index is 10.7. The third-order valence-electron chi connectivity index (χ3n) is 6.62. The molecule has 4 rings (SSSR count). The average Bonchev–Trinajstić information content (AvgIpc) is 2.65. The second kappa shape index (κ2) is 9.56. The Balaban J connectivity index is 1.58. The zero-order chi connectivity index (χ0) is 20.1. The maximum atomic E-state index is 10.7. The molecule has 28 heavy (non-hydrogen) atoms. The Morgan fingerprint density at radius 3 is 2.46 bits per heavy atom. The zero-order valence-corrected chi connectivity index (χ0v) is 17.6. The number of carbonyl (C=O) groups is 1. The molecule has 1 fully saturated rings. The second-order valence-corrected chi connectivity index (χ2v) is 8.75. The van der Waals surface area contributed by atoms with Crippen LogP contribution in [0.15, 0.2) is 36.4 Å². The van der Waals surface area contributed by atoms with Gasteiger partial charge in [-0.25, -0.2) is 0 Å². The number of unbranched alkanes of at least 4 members (excludes halogenated alkanes) is 1. The van der Waals surface area contributed by atoms with E-state index in [1.165, 1.54) is 35.1 Å². The molecule has 3 heteroatoms. The number of fused-ring (bicyclic) bond motifs is 2. The van der Waals surface area contributed by atoms with Gasteiger partial charge >= 0.3 is 5.97 Å². The fraction of sp³-hybridized carbons (Fsp3) is 0.560. The van der Waals surface area contributed by atoms with Gasteiger partial charge in [-0.15, -0.1) is 0 Å². The smallest absolute Gasteiger partial charge is 0.303 e. The van der Waals surface area contributed by atoms with Gasteiger partial charge in [0.25, 0.3) is 0 Å². The minimum absolute atomic E-state index is 0.265. The summed E-state index contributed by atoms with van der Waals surface area (Å²) >= 11 is 0. The molecule has 152 valence electrons. The summed E-state index contributed by atoms with van der Waals surface area (Å²) in [5.41, 5.74) is 5.53. The van der Waals surface area contributed by atoms with Crippen LogP contribution in [0.1, 0.15) is 54.4 Å². The first-order valence-corrected chi connectivity index (χ1v) is 10.8. The lowest BCUT2D eigenvalue weighted by atomic mass is 9.62. The van der Waals surface area contributed by atoms with Crippen LogP contribution in [-0.2, 0) is 11.3 Å². The Morgan fingerprint density at radius 1 is 1.14 bits per heavy atom. The van der Waals surface area contributed by atoms with E-state index in [0.717, 1.165) is 25.9 Å². The molecular weight excluding hydrogens is 346 g/mol. The first-order chi connectivity index (χ1) is 13.5. The van der Waals surface area contributed by atoms with E-state index in [-0.39, 0.29) is 6.42 Å². The van der Waals surface area contributed by atoms with E-state index in [9.17, 15) is 4.79 Å². The standard InChI is InChI=1S/C25H35NO2/c1-17-13-18(2)23(19(3)14-17)15-26-16-24-21-11-9-20(10-12-21)22(24)7-5-4-6-8-25(27)28/h5,7,9,11,13-14,20-22,24,26H,4,6,8,10,12,15-16H2,1-3H3,(H,27,28)/b7-5-/t20-,21+,22-,24-/m0/s1. The number of allylic oxidation sites excluding steroid dienone is 4. The predicted molar refractivity (Wildman–Crippen MR) is 115 cm³/mol. The van der Waals surface area contributed by atoms with Crippen molar-refractivity contribution in [1.82, 2.24) is 5.32 Å². The third kappa shape index (κ3) is 5.14. The quantitative estimate of drug-likeness (QED) is 0.448. The van der Waals surface area contributed by atoms with Gasteiger partial charge in [0.1, 0.15) is 0 Å². The Kier molecular flexibility index (Phi) is 7.12. The highest BCUT2D eigenvalue weighted by Gasteiger charge is 2.38. The number of aryl methyl sites for hydroxylation is 3. The predicted octanol–water partition coefficient (Wildman–Crippen LogP) is 5.34. The fourth-order valence-electron chi connectivity index (χ4n) is 5.19. The van der Waals surface area contributed by atoms with Crippen molar-refractivity contribution in [3.63, 3.8) is 0 Å². The zero-order valence-electron chi connectivity index (χ0n) is 17.6. The highest BCUT2D eigenvalue weighted by atomic mass is 16.4. The van der Waals surface area contributed by atoms with Gasteiger partial charge in [0, 0.05) is 13.0 Å². The number of aliphatic carboxylic acids is 1. The van der Waals surface area contributed by atoms with E-state index < -0.39 is 5.97 Å². The van der Waals surface area contributed by atoms with Crippen LogP contribution in [0, 0.1) is 44.4 Å². The van der Waals surface area contributed by atoms with E-state index in [0.29, 0.717) is 23.7 Å². The molecule has 0 heterocycles. The molecule has 3 nitrogen and oxygen atoms in total. The molecule has 0 aromatic heterocycles. The number of nitrogens with one attached hydrogen (secondary N) is 1. The molecule has 0 spiro atoms. The van der Waals surface area contributed by atoms with Gasteiger partial charge in [-0.1, -0.05) is 42.0 Å². The molecule has 0 saturated heterocycles. The molecule has 0 unspecified atom stereocenters. The normalized spacial score (nSPS) is 26.2. The molecule has 0 aliphatic heterocycles. The Labute approximate surface area is 169 Å². The molecule has 1 aromatic rings. The first-order valence-electron chi connectivity index (χ1n) is 10.8. The summed E-state index contributed by atoms with van der Waals surface area (Å²) in [5, 5.41) is 12.6. The summed E-state index contributed by atoms with van der Waals surface area (Å²) in [7, 11) is 0. The van der Waals surface area contributed by atoms with Gasteiger partial charge in [-0.05, 0) is 93.4 Å². The van der Waals surface area contributed by atoms with Gasteiger partial charge in [0.05, 0.1) is 0 Å². The van der Waals surface area contributed by atoms with Crippen LogP contribution in [0.4, 0.5) is 0 Å². The maximum Gasteiger partial charge on any atom is 0.303 e. The van der Waals surface area contributed by atoms with Crippen molar-refractivity contribution in [3.8, 4) is 0 Å². The van der Waals surface area contributed by atoms with Gasteiger partial charge in [-0.2, -0.15) is 0 Å². The second-order valence-electron chi connectivity index (χ2n) is 8.75. The number of carboxylic acids is 1. The van der Waals surface area contributed by atoms with Crippen LogP contribution in [0.2, 0.25) is 0 Å². The minimum atomic E-state index is -0.697. The summed E-state index contributed by atoms with van der Waals surface area (Å²) in [6.07, 6.45) is 13.9. The number of carboxylic acid groups (broad SMARTS) is 1. The highest BCUT2D eigenvalue weighted by Crippen LogP contribution is 2.45. The minimum Gasteiger partial charge on any atom is -0.481 e. The Bertz CT molecular complexity index is 726. The lowest BCUT2D eigenvalue weighted by molar-refractivity contribution is -0.137.